The number of pyridine rings is 2. The highest BCUT2D eigenvalue weighted by Crippen LogP contribution is 2.29. The van der Waals surface area contributed by atoms with E-state index in [9.17, 15) is 22.8 Å². The Labute approximate surface area is 120 Å². The molecule has 2 rings (SSSR count). The Morgan fingerprint density at radius 3 is 2.71 bits per heavy atom. The number of hydrogen-bond acceptors (Lipinski definition) is 3. The summed E-state index contributed by atoms with van der Waals surface area (Å²) in [6.07, 6.45) is -1.63. The molecule has 0 radical (unpaired) electrons. The van der Waals surface area contributed by atoms with Gasteiger partial charge in [0.2, 0.25) is 0 Å². The van der Waals surface area contributed by atoms with E-state index in [0.717, 1.165) is 0 Å². The van der Waals surface area contributed by atoms with Gasteiger partial charge >= 0.3 is 6.18 Å². The molecule has 2 heterocycles. The molecule has 1 amide bonds. The lowest BCUT2D eigenvalue weighted by molar-refractivity contribution is -0.137. The normalized spacial score (nSPS) is 11.2. The molecule has 0 aliphatic carbocycles. The van der Waals surface area contributed by atoms with Gasteiger partial charge in [0.15, 0.2) is 0 Å². The van der Waals surface area contributed by atoms with Gasteiger partial charge in [-0.05, 0) is 12.1 Å². The van der Waals surface area contributed by atoms with Crippen LogP contribution in [0.25, 0.3) is 0 Å². The molecule has 0 aromatic carbocycles. The van der Waals surface area contributed by atoms with Crippen LogP contribution < -0.4 is 10.9 Å². The van der Waals surface area contributed by atoms with Crippen LogP contribution in [0.2, 0.25) is 5.02 Å². The molecule has 0 bridgehead atoms. The van der Waals surface area contributed by atoms with Gasteiger partial charge in [0.05, 0.1) is 16.1 Å². The van der Waals surface area contributed by atoms with Gasteiger partial charge in [-0.1, -0.05) is 11.6 Å². The molecule has 2 aromatic rings. The number of carbonyl (C=O) groups is 1. The summed E-state index contributed by atoms with van der Waals surface area (Å²) in [5.74, 6) is -0.813. The minimum atomic E-state index is -4.64. The number of aromatic amines is 1. The number of alkyl halides is 3. The van der Waals surface area contributed by atoms with Gasteiger partial charge in [-0.15, -0.1) is 0 Å². The smallest absolute Gasteiger partial charge is 0.327 e. The van der Waals surface area contributed by atoms with E-state index in [1.54, 1.807) is 0 Å². The van der Waals surface area contributed by atoms with Gasteiger partial charge in [0.1, 0.15) is 5.69 Å². The van der Waals surface area contributed by atoms with Crippen molar-refractivity contribution in [2.75, 3.05) is 5.32 Å². The van der Waals surface area contributed by atoms with E-state index >= 15 is 0 Å². The minimum Gasteiger partial charge on any atom is -0.327 e. The molecule has 0 saturated heterocycles. The molecule has 0 fully saturated rings. The Kier molecular flexibility index (Phi) is 3.99. The number of rotatable bonds is 2. The van der Waals surface area contributed by atoms with Crippen LogP contribution >= 0.6 is 11.6 Å². The highest BCUT2D eigenvalue weighted by Gasteiger charge is 2.31. The van der Waals surface area contributed by atoms with Crippen LogP contribution in [0.5, 0.6) is 0 Å². The van der Waals surface area contributed by atoms with Crippen LogP contribution in [0, 0.1) is 0 Å². The fourth-order valence-corrected chi connectivity index (χ4v) is 1.69. The molecular weight excluding hydrogens is 311 g/mol. The van der Waals surface area contributed by atoms with Gasteiger partial charge in [0.25, 0.3) is 11.5 Å². The largest absolute Gasteiger partial charge is 0.417 e. The molecule has 0 unspecified atom stereocenters. The van der Waals surface area contributed by atoms with E-state index in [0.29, 0.717) is 12.3 Å². The van der Waals surface area contributed by atoms with Crippen LogP contribution in [-0.4, -0.2) is 15.9 Å². The molecule has 0 aliphatic rings. The summed E-state index contributed by atoms with van der Waals surface area (Å²) in [4.78, 5) is 28.9. The summed E-state index contributed by atoms with van der Waals surface area (Å²) in [6, 6.07) is 1.82. The highest BCUT2D eigenvalue weighted by molar-refractivity contribution is 6.34. The van der Waals surface area contributed by atoms with Crippen molar-refractivity contribution in [3.63, 3.8) is 0 Å². The molecular formula is C12H7ClF3N3O2. The zero-order valence-electron chi connectivity index (χ0n) is 10.2. The van der Waals surface area contributed by atoms with Crippen molar-refractivity contribution in [2.45, 2.75) is 6.18 Å². The maximum absolute atomic E-state index is 12.6. The number of anilines is 1. The van der Waals surface area contributed by atoms with E-state index in [4.69, 9.17) is 11.6 Å². The second-order valence-corrected chi connectivity index (χ2v) is 4.35. The molecule has 9 heteroatoms. The molecule has 0 saturated carbocycles. The van der Waals surface area contributed by atoms with E-state index in [1.807, 2.05) is 4.98 Å². The summed E-state index contributed by atoms with van der Waals surface area (Å²) < 4.78 is 37.7. The quantitative estimate of drug-likeness (QED) is 0.894. The summed E-state index contributed by atoms with van der Waals surface area (Å²) in [7, 11) is 0. The van der Waals surface area contributed by atoms with Crippen molar-refractivity contribution in [2.24, 2.45) is 0 Å². The van der Waals surface area contributed by atoms with Crippen molar-refractivity contribution >= 4 is 23.2 Å². The predicted molar refractivity (Wildman–Crippen MR) is 69.3 cm³/mol. The van der Waals surface area contributed by atoms with Crippen molar-refractivity contribution in [1.82, 2.24) is 9.97 Å². The van der Waals surface area contributed by atoms with Crippen LogP contribution in [0.1, 0.15) is 15.9 Å². The number of nitrogens with one attached hydrogen (secondary N) is 2. The van der Waals surface area contributed by atoms with Gasteiger partial charge in [-0.3, -0.25) is 14.6 Å². The number of H-pyrrole nitrogens is 1. The molecule has 21 heavy (non-hydrogen) atoms. The fourth-order valence-electron chi connectivity index (χ4n) is 1.49. The van der Waals surface area contributed by atoms with Crippen molar-refractivity contribution in [1.29, 1.82) is 0 Å². The first-order valence-corrected chi connectivity index (χ1v) is 5.87. The SMILES string of the molecule is O=C(Nc1cc(C(F)(F)F)c[nH]c1=O)c1ccncc1Cl. The average molecular weight is 318 g/mol. The Morgan fingerprint density at radius 2 is 2.10 bits per heavy atom. The third-order valence-corrected chi connectivity index (χ3v) is 2.80. The summed E-state index contributed by atoms with van der Waals surface area (Å²) >= 11 is 5.74. The third-order valence-electron chi connectivity index (χ3n) is 2.50. The number of aromatic nitrogens is 2. The monoisotopic (exact) mass is 317 g/mol. The van der Waals surface area contributed by atoms with E-state index in [1.165, 1.54) is 18.5 Å². The Hall–Kier alpha value is -2.35. The lowest BCUT2D eigenvalue weighted by Gasteiger charge is -2.09. The maximum Gasteiger partial charge on any atom is 0.417 e. The van der Waals surface area contributed by atoms with Gasteiger partial charge < -0.3 is 10.3 Å². The number of amides is 1. The Bertz CT molecular complexity index is 743. The summed E-state index contributed by atoms with van der Waals surface area (Å²) in [5.41, 5.74) is -2.48. The molecule has 0 aliphatic heterocycles. The molecule has 2 aromatic heterocycles. The van der Waals surface area contributed by atoms with E-state index in [-0.39, 0.29) is 10.6 Å². The summed E-state index contributed by atoms with van der Waals surface area (Å²) in [5, 5.41) is 2.10. The number of nitrogens with zero attached hydrogens (tertiary/aromatic N) is 1. The lowest BCUT2D eigenvalue weighted by atomic mass is 10.2. The summed E-state index contributed by atoms with van der Waals surface area (Å²) in [6.45, 7) is 0. The van der Waals surface area contributed by atoms with Crippen molar-refractivity contribution in [3.8, 4) is 0 Å². The van der Waals surface area contributed by atoms with Crippen molar-refractivity contribution < 1.29 is 18.0 Å². The predicted octanol–water partition coefficient (Wildman–Crippen LogP) is 2.69. The van der Waals surface area contributed by atoms with Gasteiger partial charge in [-0.2, -0.15) is 13.2 Å². The minimum absolute atomic E-state index is 0.0107. The first-order chi connectivity index (χ1) is 9.79. The molecule has 110 valence electrons. The number of halogens is 4. The zero-order valence-corrected chi connectivity index (χ0v) is 10.9. The zero-order chi connectivity index (χ0) is 15.6. The van der Waals surface area contributed by atoms with Crippen LogP contribution in [0.15, 0.2) is 35.5 Å². The highest BCUT2D eigenvalue weighted by atomic mass is 35.5. The van der Waals surface area contributed by atoms with Crippen LogP contribution in [0.3, 0.4) is 0 Å². The van der Waals surface area contributed by atoms with Crippen molar-refractivity contribution in [3.05, 3.63) is 57.2 Å². The first-order valence-electron chi connectivity index (χ1n) is 5.50. The second kappa shape index (κ2) is 5.57. The fraction of sp³-hybridized carbons (Fsp3) is 0.0833. The molecule has 5 nitrogen and oxygen atoms in total. The molecule has 0 atom stereocenters. The van der Waals surface area contributed by atoms with E-state index in [2.05, 4.69) is 10.3 Å². The van der Waals surface area contributed by atoms with Gasteiger partial charge in [-0.25, -0.2) is 0 Å². The number of carbonyl (C=O) groups excluding carboxylic acids is 1. The number of hydrogen-bond donors (Lipinski definition) is 2. The lowest BCUT2D eigenvalue weighted by Crippen LogP contribution is -2.21. The Balaban J connectivity index is 2.34. The average Bonchev–Trinajstić information content (AvgIpc) is 2.40. The van der Waals surface area contributed by atoms with Crippen LogP contribution in [-0.2, 0) is 6.18 Å². The van der Waals surface area contributed by atoms with E-state index < -0.39 is 28.9 Å². The molecule has 2 N–H and O–H groups in total. The maximum atomic E-state index is 12.6. The standard InChI is InChI=1S/C12H7ClF3N3O2/c13-8-5-17-2-1-7(8)10(20)19-9-3-6(12(14,15)16)4-18-11(9)21/h1-5H,(H,18,21)(H,19,20). The topological polar surface area (TPSA) is 74.8 Å². The van der Waals surface area contributed by atoms with Crippen LogP contribution in [0.4, 0.5) is 18.9 Å². The second-order valence-electron chi connectivity index (χ2n) is 3.94. The first kappa shape index (κ1) is 15.0. The third kappa shape index (κ3) is 3.40. The Morgan fingerprint density at radius 1 is 1.38 bits per heavy atom. The van der Waals surface area contributed by atoms with Gasteiger partial charge in [0, 0.05) is 18.6 Å². The molecule has 0 spiro atoms.